The molecule has 0 aliphatic carbocycles. The van der Waals surface area contributed by atoms with Crippen LogP contribution < -0.4 is 9.64 Å². The van der Waals surface area contributed by atoms with Gasteiger partial charge in [0.25, 0.3) is 5.92 Å². The maximum absolute atomic E-state index is 13.4. The quantitative estimate of drug-likeness (QED) is 0.614. The molecule has 30 heavy (non-hydrogen) atoms. The van der Waals surface area contributed by atoms with E-state index in [4.69, 9.17) is 9.47 Å². The summed E-state index contributed by atoms with van der Waals surface area (Å²) in [7, 11) is 1.58. The highest BCUT2D eigenvalue weighted by atomic mass is 19.3. The Balaban J connectivity index is 1.41. The average Bonchev–Trinajstić information content (AvgIpc) is 3.22. The zero-order chi connectivity index (χ0) is 21.1. The lowest BCUT2D eigenvalue weighted by Crippen LogP contribution is -2.27. The van der Waals surface area contributed by atoms with Gasteiger partial charge in [-0.25, -0.2) is 13.8 Å². The Morgan fingerprint density at radius 2 is 1.87 bits per heavy atom. The standard InChI is InChI=1S/C21H24F2N4O3/c1-29-8-9-30-20-24-11-17-10-18(28)27(19(17)25-20)13-16-4-2-15(3-5-16)12-26-7-6-21(22,23)14-26/h2-5,11H,6-10,12-14H2,1H3. The summed E-state index contributed by atoms with van der Waals surface area (Å²) in [6.45, 7) is 1.84. The first-order valence-corrected chi connectivity index (χ1v) is 9.89. The van der Waals surface area contributed by atoms with Gasteiger partial charge >= 0.3 is 6.01 Å². The van der Waals surface area contributed by atoms with Gasteiger partial charge in [0.05, 0.1) is 26.1 Å². The third-order valence-corrected chi connectivity index (χ3v) is 5.26. The lowest BCUT2D eigenvalue weighted by atomic mass is 10.1. The summed E-state index contributed by atoms with van der Waals surface area (Å²) in [6, 6.07) is 7.90. The summed E-state index contributed by atoms with van der Waals surface area (Å²) < 4.78 is 37.1. The second-order valence-electron chi connectivity index (χ2n) is 7.63. The van der Waals surface area contributed by atoms with Crippen LogP contribution in [0.2, 0.25) is 0 Å². The van der Waals surface area contributed by atoms with Crippen LogP contribution in [0.4, 0.5) is 14.6 Å². The fourth-order valence-corrected chi connectivity index (χ4v) is 3.70. The molecule has 0 atom stereocenters. The molecule has 2 aromatic rings. The van der Waals surface area contributed by atoms with E-state index in [9.17, 15) is 13.6 Å². The Bertz CT molecular complexity index is 908. The molecule has 4 rings (SSSR count). The number of ether oxygens (including phenoxy) is 2. The van der Waals surface area contributed by atoms with Crippen molar-refractivity contribution in [2.24, 2.45) is 0 Å². The second-order valence-corrected chi connectivity index (χ2v) is 7.63. The number of likely N-dealkylation sites (tertiary alicyclic amines) is 1. The van der Waals surface area contributed by atoms with Crippen molar-refractivity contribution in [2.75, 3.05) is 38.3 Å². The van der Waals surface area contributed by atoms with Crippen molar-refractivity contribution in [1.29, 1.82) is 0 Å². The van der Waals surface area contributed by atoms with Gasteiger partial charge in [0.15, 0.2) is 0 Å². The van der Waals surface area contributed by atoms with E-state index in [1.807, 2.05) is 24.3 Å². The van der Waals surface area contributed by atoms with E-state index >= 15 is 0 Å². The van der Waals surface area contributed by atoms with E-state index in [2.05, 4.69) is 9.97 Å². The lowest BCUT2D eigenvalue weighted by molar-refractivity contribution is -0.117. The van der Waals surface area contributed by atoms with Gasteiger partial charge in [0.2, 0.25) is 5.91 Å². The Kier molecular flexibility index (Phi) is 5.92. The van der Waals surface area contributed by atoms with Crippen LogP contribution in [0.3, 0.4) is 0 Å². The minimum atomic E-state index is -2.59. The zero-order valence-electron chi connectivity index (χ0n) is 16.8. The van der Waals surface area contributed by atoms with E-state index in [0.717, 1.165) is 16.7 Å². The molecule has 3 heterocycles. The third kappa shape index (κ3) is 4.73. The molecule has 9 heteroatoms. The van der Waals surface area contributed by atoms with E-state index in [1.165, 1.54) is 0 Å². The Hall–Kier alpha value is -2.65. The number of fused-ring (bicyclic) bond motifs is 1. The molecule has 0 radical (unpaired) electrons. The molecule has 0 bridgehead atoms. The van der Waals surface area contributed by atoms with Crippen molar-refractivity contribution in [1.82, 2.24) is 14.9 Å². The molecule has 0 spiro atoms. The molecule has 1 amide bonds. The minimum Gasteiger partial charge on any atom is -0.461 e. The van der Waals surface area contributed by atoms with Crippen molar-refractivity contribution < 1.29 is 23.0 Å². The number of aromatic nitrogens is 2. The molecule has 160 valence electrons. The number of methoxy groups -OCH3 is 1. The van der Waals surface area contributed by atoms with Crippen molar-refractivity contribution in [3.8, 4) is 6.01 Å². The first-order valence-electron chi connectivity index (χ1n) is 9.89. The van der Waals surface area contributed by atoms with Gasteiger partial charge in [-0.05, 0) is 11.1 Å². The van der Waals surface area contributed by atoms with Gasteiger partial charge in [0, 0.05) is 38.4 Å². The number of hydrogen-bond donors (Lipinski definition) is 0. The molecule has 2 aliphatic heterocycles. The van der Waals surface area contributed by atoms with Gasteiger partial charge < -0.3 is 9.47 Å². The molecule has 0 unspecified atom stereocenters. The van der Waals surface area contributed by atoms with Gasteiger partial charge in [-0.3, -0.25) is 14.6 Å². The number of anilines is 1. The van der Waals surface area contributed by atoms with E-state index in [0.29, 0.717) is 38.7 Å². The topological polar surface area (TPSA) is 67.8 Å². The molecule has 1 fully saturated rings. The fourth-order valence-electron chi connectivity index (χ4n) is 3.70. The predicted octanol–water partition coefficient (Wildman–Crippen LogP) is 2.43. The average molecular weight is 418 g/mol. The maximum Gasteiger partial charge on any atom is 0.318 e. The van der Waals surface area contributed by atoms with Crippen LogP contribution in [-0.4, -0.2) is 60.1 Å². The number of nitrogens with zero attached hydrogens (tertiary/aromatic N) is 4. The van der Waals surface area contributed by atoms with Gasteiger partial charge in [0.1, 0.15) is 12.4 Å². The monoisotopic (exact) mass is 418 g/mol. The molecular weight excluding hydrogens is 394 g/mol. The highest BCUT2D eigenvalue weighted by Gasteiger charge is 2.37. The Labute approximate surface area is 173 Å². The minimum absolute atomic E-state index is 0.0447. The molecule has 1 saturated heterocycles. The zero-order valence-corrected chi connectivity index (χ0v) is 16.8. The molecule has 0 N–H and O–H groups in total. The number of benzene rings is 1. The number of rotatable bonds is 8. The summed E-state index contributed by atoms with van der Waals surface area (Å²) in [4.78, 5) is 24.4. The Morgan fingerprint density at radius 3 is 2.53 bits per heavy atom. The van der Waals surface area contributed by atoms with Crippen molar-refractivity contribution in [3.05, 3.63) is 47.2 Å². The van der Waals surface area contributed by atoms with Crippen molar-refractivity contribution in [2.45, 2.75) is 31.9 Å². The summed E-state index contributed by atoms with van der Waals surface area (Å²) in [5.74, 6) is -2.07. The van der Waals surface area contributed by atoms with Gasteiger partial charge in [-0.15, -0.1) is 0 Å². The highest BCUT2D eigenvalue weighted by molar-refractivity contribution is 6.00. The van der Waals surface area contributed by atoms with Crippen molar-refractivity contribution >= 4 is 11.7 Å². The molecule has 1 aromatic heterocycles. The second kappa shape index (κ2) is 8.61. The molecular formula is C21H24F2N4O3. The maximum atomic E-state index is 13.4. The molecule has 2 aliphatic rings. The normalized spacial score (nSPS) is 18.1. The number of carbonyl (C=O) groups is 1. The third-order valence-electron chi connectivity index (χ3n) is 5.26. The van der Waals surface area contributed by atoms with Crippen LogP contribution in [-0.2, 0) is 29.0 Å². The molecule has 7 nitrogen and oxygen atoms in total. The number of alkyl halides is 2. The SMILES string of the molecule is COCCOc1ncc2c(n1)N(Cc1ccc(CN3CCC(F)(F)C3)cc1)C(=O)C2. The largest absolute Gasteiger partial charge is 0.461 e. The van der Waals surface area contributed by atoms with E-state index in [-0.39, 0.29) is 31.3 Å². The van der Waals surface area contributed by atoms with Crippen LogP contribution in [0.15, 0.2) is 30.5 Å². The van der Waals surface area contributed by atoms with Crippen LogP contribution in [0.25, 0.3) is 0 Å². The summed E-state index contributed by atoms with van der Waals surface area (Å²) in [5, 5.41) is 0. The fraction of sp³-hybridized carbons (Fsp3) is 0.476. The van der Waals surface area contributed by atoms with E-state index < -0.39 is 5.92 Å². The first-order chi connectivity index (χ1) is 14.4. The smallest absolute Gasteiger partial charge is 0.318 e. The van der Waals surface area contributed by atoms with Crippen molar-refractivity contribution in [3.63, 3.8) is 0 Å². The number of halogens is 2. The highest BCUT2D eigenvalue weighted by Crippen LogP contribution is 2.30. The molecule has 0 saturated carbocycles. The van der Waals surface area contributed by atoms with Crippen LogP contribution >= 0.6 is 0 Å². The van der Waals surface area contributed by atoms with E-state index in [1.54, 1.807) is 23.1 Å². The van der Waals surface area contributed by atoms with Gasteiger partial charge in [-0.2, -0.15) is 4.98 Å². The number of carbonyl (C=O) groups excluding carboxylic acids is 1. The predicted molar refractivity (Wildman–Crippen MR) is 106 cm³/mol. The molecule has 1 aromatic carbocycles. The Morgan fingerprint density at radius 1 is 1.13 bits per heavy atom. The van der Waals surface area contributed by atoms with Gasteiger partial charge in [-0.1, -0.05) is 24.3 Å². The lowest BCUT2D eigenvalue weighted by Gasteiger charge is -2.18. The summed E-state index contributed by atoms with van der Waals surface area (Å²) >= 11 is 0. The summed E-state index contributed by atoms with van der Waals surface area (Å²) in [6.07, 6.45) is 1.80. The number of amides is 1. The van der Waals surface area contributed by atoms with Crippen LogP contribution in [0.1, 0.15) is 23.1 Å². The first kappa shape index (κ1) is 20.6. The van der Waals surface area contributed by atoms with Crippen LogP contribution in [0, 0.1) is 0 Å². The van der Waals surface area contributed by atoms with Crippen LogP contribution in [0.5, 0.6) is 6.01 Å². The summed E-state index contributed by atoms with van der Waals surface area (Å²) in [5.41, 5.74) is 2.68. The number of hydrogen-bond acceptors (Lipinski definition) is 6.